The highest BCUT2D eigenvalue weighted by Gasteiger charge is 2.23. The summed E-state index contributed by atoms with van der Waals surface area (Å²) in [6, 6.07) is 11.7. The third kappa shape index (κ3) is 4.55. The molecule has 172 valence electrons. The first-order valence-electron chi connectivity index (χ1n) is 10.5. The average Bonchev–Trinajstić information content (AvgIpc) is 3.37. The summed E-state index contributed by atoms with van der Waals surface area (Å²) >= 11 is 0. The molecule has 33 heavy (non-hydrogen) atoms. The maximum absolute atomic E-state index is 13.1. The summed E-state index contributed by atoms with van der Waals surface area (Å²) in [5.41, 5.74) is 3.69. The van der Waals surface area contributed by atoms with E-state index in [1.807, 2.05) is 37.5 Å². The molecule has 0 spiro atoms. The predicted octanol–water partition coefficient (Wildman–Crippen LogP) is 4.36. The molecule has 0 aliphatic carbocycles. The minimum atomic E-state index is -3.83. The van der Waals surface area contributed by atoms with Crippen LogP contribution in [-0.4, -0.2) is 30.8 Å². The highest BCUT2D eigenvalue weighted by molar-refractivity contribution is 7.89. The number of fused-ring (bicyclic) bond motifs is 1. The fourth-order valence-electron chi connectivity index (χ4n) is 3.69. The Hall–Kier alpha value is -3.43. The van der Waals surface area contributed by atoms with Crippen LogP contribution in [-0.2, 0) is 21.8 Å². The molecule has 0 amide bonds. The number of aryl methyl sites for hydroxylation is 2. The first kappa shape index (κ1) is 22.8. The Bertz CT molecular complexity index is 1440. The third-order valence-electron chi connectivity index (χ3n) is 5.44. The van der Waals surface area contributed by atoms with Gasteiger partial charge in [0.15, 0.2) is 0 Å². The van der Waals surface area contributed by atoms with Gasteiger partial charge < -0.3 is 9.15 Å². The van der Waals surface area contributed by atoms with E-state index in [2.05, 4.69) is 9.82 Å². The van der Waals surface area contributed by atoms with E-state index < -0.39 is 22.0 Å². The van der Waals surface area contributed by atoms with Gasteiger partial charge in [-0.1, -0.05) is 18.2 Å². The van der Waals surface area contributed by atoms with Crippen LogP contribution >= 0.6 is 0 Å². The smallest absolute Gasteiger partial charge is 0.374 e. The SMILES string of the molecule is CCOC(=O)c1oc2ccc(S(=O)(=O)NC(C)c3cccc(-c4cnn(C)c4)c3)cc2c1C. The van der Waals surface area contributed by atoms with Crippen LogP contribution in [0, 0.1) is 6.92 Å². The lowest BCUT2D eigenvalue weighted by molar-refractivity contribution is 0.0491. The van der Waals surface area contributed by atoms with E-state index in [0.29, 0.717) is 16.5 Å². The van der Waals surface area contributed by atoms with Crippen LogP contribution in [0.5, 0.6) is 0 Å². The second kappa shape index (κ2) is 8.84. The highest BCUT2D eigenvalue weighted by atomic mass is 32.2. The van der Waals surface area contributed by atoms with E-state index in [1.54, 1.807) is 37.7 Å². The number of benzene rings is 2. The van der Waals surface area contributed by atoms with Crippen LogP contribution in [0.25, 0.3) is 22.1 Å². The molecule has 4 aromatic rings. The van der Waals surface area contributed by atoms with Crippen LogP contribution < -0.4 is 4.72 Å². The van der Waals surface area contributed by atoms with Crippen LogP contribution in [0.3, 0.4) is 0 Å². The molecule has 2 aromatic carbocycles. The van der Waals surface area contributed by atoms with Crippen molar-refractivity contribution in [1.29, 1.82) is 0 Å². The van der Waals surface area contributed by atoms with Crippen molar-refractivity contribution in [1.82, 2.24) is 14.5 Å². The quantitative estimate of drug-likeness (QED) is 0.405. The van der Waals surface area contributed by atoms with Crippen molar-refractivity contribution >= 4 is 27.0 Å². The van der Waals surface area contributed by atoms with E-state index in [-0.39, 0.29) is 17.3 Å². The predicted molar refractivity (Wildman–Crippen MR) is 124 cm³/mol. The molecular formula is C24H25N3O5S. The Morgan fingerprint density at radius 3 is 2.70 bits per heavy atom. The van der Waals surface area contributed by atoms with Gasteiger partial charge in [-0.25, -0.2) is 17.9 Å². The molecule has 8 nitrogen and oxygen atoms in total. The second-order valence-corrected chi connectivity index (χ2v) is 9.52. The van der Waals surface area contributed by atoms with Crippen molar-refractivity contribution in [2.75, 3.05) is 6.61 Å². The molecule has 0 saturated carbocycles. The number of carbonyl (C=O) groups is 1. The molecule has 2 heterocycles. The number of carbonyl (C=O) groups excluding carboxylic acids is 1. The molecule has 1 unspecified atom stereocenters. The van der Waals surface area contributed by atoms with E-state index >= 15 is 0 Å². The summed E-state index contributed by atoms with van der Waals surface area (Å²) in [7, 11) is -1.99. The van der Waals surface area contributed by atoms with Crippen molar-refractivity contribution in [2.45, 2.75) is 31.7 Å². The summed E-state index contributed by atoms with van der Waals surface area (Å²) in [6.07, 6.45) is 3.67. The molecule has 1 N–H and O–H groups in total. The number of esters is 1. The van der Waals surface area contributed by atoms with E-state index in [4.69, 9.17) is 9.15 Å². The monoisotopic (exact) mass is 467 g/mol. The largest absolute Gasteiger partial charge is 0.460 e. The molecule has 2 aromatic heterocycles. The van der Waals surface area contributed by atoms with Crippen molar-refractivity contribution in [3.8, 4) is 11.1 Å². The normalized spacial score (nSPS) is 12.7. The summed E-state index contributed by atoms with van der Waals surface area (Å²) in [5.74, 6) is -0.495. The summed E-state index contributed by atoms with van der Waals surface area (Å²) < 4.78 is 41.3. The second-order valence-electron chi connectivity index (χ2n) is 7.81. The number of ether oxygens (including phenoxy) is 1. The van der Waals surface area contributed by atoms with E-state index in [1.165, 1.54) is 12.1 Å². The molecule has 0 saturated heterocycles. The molecular weight excluding hydrogens is 442 g/mol. The first-order valence-corrected chi connectivity index (χ1v) is 12.0. The number of aromatic nitrogens is 2. The third-order valence-corrected chi connectivity index (χ3v) is 6.97. The lowest BCUT2D eigenvalue weighted by Gasteiger charge is -2.15. The Kier molecular flexibility index (Phi) is 6.09. The maximum Gasteiger partial charge on any atom is 0.374 e. The number of furan rings is 1. The van der Waals surface area contributed by atoms with Gasteiger partial charge in [-0.15, -0.1) is 0 Å². The van der Waals surface area contributed by atoms with E-state index in [9.17, 15) is 13.2 Å². The summed E-state index contributed by atoms with van der Waals surface area (Å²) in [6.45, 7) is 5.42. The zero-order valence-electron chi connectivity index (χ0n) is 18.8. The number of sulfonamides is 1. The maximum atomic E-state index is 13.1. The Morgan fingerprint density at radius 2 is 2.00 bits per heavy atom. The zero-order valence-corrected chi connectivity index (χ0v) is 19.6. The van der Waals surface area contributed by atoms with Gasteiger partial charge in [-0.05, 0) is 56.2 Å². The van der Waals surface area contributed by atoms with Crippen LogP contribution in [0.15, 0.2) is 64.2 Å². The van der Waals surface area contributed by atoms with Gasteiger partial charge in [0.05, 0.1) is 17.7 Å². The summed E-state index contributed by atoms with van der Waals surface area (Å²) in [5, 5.41) is 4.74. The van der Waals surface area contributed by atoms with Gasteiger partial charge in [0.1, 0.15) is 5.58 Å². The van der Waals surface area contributed by atoms with Gasteiger partial charge in [0.2, 0.25) is 15.8 Å². The van der Waals surface area contributed by atoms with Gasteiger partial charge >= 0.3 is 5.97 Å². The van der Waals surface area contributed by atoms with Crippen molar-refractivity contribution in [2.24, 2.45) is 7.05 Å². The number of hydrogen-bond donors (Lipinski definition) is 1. The van der Waals surface area contributed by atoms with E-state index in [0.717, 1.165) is 16.7 Å². The average molecular weight is 468 g/mol. The first-order chi connectivity index (χ1) is 15.7. The number of rotatable bonds is 7. The van der Waals surface area contributed by atoms with Crippen LogP contribution in [0.2, 0.25) is 0 Å². The molecule has 0 fully saturated rings. The lowest BCUT2D eigenvalue weighted by atomic mass is 10.0. The minimum Gasteiger partial charge on any atom is -0.460 e. The molecule has 0 aliphatic heterocycles. The number of nitrogens with one attached hydrogen (secondary N) is 1. The zero-order chi connectivity index (χ0) is 23.8. The molecule has 1 atom stereocenters. The topological polar surface area (TPSA) is 103 Å². The number of hydrogen-bond acceptors (Lipinski definition) is 6. The van der Waals surface area contributed by atoms with Crippen molar-refractivity contribution < 1.29 is 22.4 Å². The fourth-order valence-corrected chi connectivity index (χ4v) is 4.94. The number of nitrogens with zero attached hydrogens (tertiary/aromatic N) is 2. The Morgan fingerprint density at radius 1 is 1.21 bits per heavy atom. The molecule has 4 rings (SSSR count). The Labute approximate surface area is 192 Å². The van der Waals surface area contributed by atoms with Gasteiger partial charge in [0, 0.05) is 35.8 Å². The standard InChI is InChI=1S/C24H25N3O5S/c1-5-31-24(28)23-15(2)21-12-20(9-10-22(21)32-23)33(29,30)26-16(3)17-7-6-8-18(11-17)19-13-25-27(4)14-19/h6-14,16,26H,5H2,1-4H3. The fraction of sp³-hybridized carbons (Fsp3) is 0.250. The molecule has 0 radical (unpaired) electrons. The van der Waals surface area contributed by atoms with Crippen molar-refractivity contribution in [3.05, 3.63) is 71.7 Å². The molecule has 0 bridgehead atoms. The van der Waals surface area contributed by atoms with Crippen LogP contribution in [0.1, 0.15) is 41.6 Å². The van der Waals surface area contributed by atoms with Gasteiger partial charge in [0.25, 0.3) is 0 Å². The van der Waals surface area contributed by atoms with Crippen molar-refractivity contribution in [3.63, 3.8) is 0 Å². The Balaban J connectivity index is 1.61. The summed E-state index contributed by atoms with van der Waals surface area (Å²) in [4.78, 5) is 12.2. The molecule has 0 aliphatic rings. The van der Waals surface area contributed by atoms with Crippen LogP contribution in [0.4, 0.5) is 0 Å². The molecule has 9 heteroatoms. The van der Waals surface area contributed by atoms with Gasteiger partial charge in [-0.3, -0.25) is 4.68 Å². The van der Waals surface area contributed by atoms with Gasteiger partial charge in [-0.2, -0.15) is 5.10 Å². The lowest BCUT2D eigenvalue weighted by Crippen LogP contribution is -2.26. The minimum absolute atomic E-state index is 0.0786. The highest BCUT2D eigenvalue weighted by Crippen LogP contribution is 2.29.